The standard InChI is InChI=1S/C10H14N3/c1-9-3-2-4-10(12-9)13-7-5-11-6-8-13/h2-4,11H,1,5-8H2. The Morgan fingerprint density at radius 3 is 2.77 bits per heavy atom. The summed E-state index contributed by atoms with van der Waals surface area (Å²) in [6.07, 6.45) is 0. The van der Waals surface area contributed by atoms with E-state index in [0.29, 0.717) is 0 Å². The zero-order valence-corrected chi connectivity index (χ0v) is 7.66. The van der Waals surface area contributed by atoms with Crippen molar-refractivity contribution in [3.63, 3.8) is 0 Å². The highest BCUT2D eigenvalue weighted by Gasteiger charge is 2.10. The maximum absolute atomic E-state index is 4.38. The number of rotatable bonds is 1. The molecule has 0 bridgehead atoms. The van der Waals surface area contributed by atoms with Crippen molar-refractivity contribution in [1.82, 2.24) is 10.3 Å². The number of pyridine rings is 1. The molecule has 1 aliphatic heterocycles. The second-order valence-electron chi connectivity index (χ2n) is 3.22. The summed E-state index contributed by atoms with van der Waals surface area (Å²) in [4.78, 5) is 6.67. The Morgan fingerprint density at radius 1 is 1.31 bits per heavy atom. The first-order valence-corrected chi connectivity index (χ1v) is 4.61. The lowest BCUT2D eigenvalue weighted by Gasteiger charge is -2.28. The summed E-state index contributed by atoms with van der Waals surface area (Å²) in [7, 11) is 0. The average Bonchev–Trinajstić information content (AvgIpc) is 2.19. The van der Waals surface area contributed by atoms with Crippen LogP contribution < -0.4 is 10.2 Å². The smallest absolute Gasteiger partial charge is 0.128 e. The molecule has 3 heteroatoms. The minimum absolute atomic E-state index is 0.844. The molecule has 0 saturated carbocycles. The number of hydrogen-bond donors (Lipinski definition) is 1. The fourth-order valence-corrected chi connectivity index (χ4v) is 1.54. The van der Waals surface area contributed by atoms with Gasteiger partial charge in [-0.05, 0) is 19.1 Å². The van der Waals surface area contributed by atoms with Gasteiger partial charge in [0.05, 0.1) is 0 Å². The van der Waals surface area contributed by atoms with Gasteiger partial charge in [0.15, 0.2) is 0 Å². The first-order valence-electron chi connectivity index (χ1n) is 4.61. The molecule has 1 aromatic heterocycles. The molecule has 69 valence electrons. The monoisotopic (exact) mass is 176 g/mol. The van der Waals surface area contributed by atoms with E-state index >= 15 is 0 Å². The van der Waals surface area contributed by atoms with Crippen molar-refractivity contribution in [3.8, 4) is 0 Å². The molecule has 13 heavy (non-hydrogen) atoms. The van der Waals surface area contributed by atoms with Crippen molar-refractivity contribution in [1.29, 1.82) is 0 Å². The number of hydrogen-bond acceptors (Lipinski definition) is 3. The molecule has 0 aromatic carbocycles. The molecule has 0 unspecified atom stereocenters. The van der Waals surface area contributed by atoms with Crippen LogP contribution in [0.3, 0.4) is 0 Å². The van der Waals surface area contributed by atoms with Crippen molar-refractivity contribution >= 4 is 5.82 Å². The van der Waals surface area contributed by atoms with Crippen LogP contribution in [0, 0.1) is 6.92 Å². The number of nitrogens with zero attached hydrogens (tertiary/aromatic N) is 2. The quantitative estimate of drug-likeness (QED) is 0.682. The van der Waals surface area contributed by atoms with Crippen LogP contribution in [-0.4, -0.2) is 31.2 Å². The molecular formula is C10H14N3. The predicted octanol–water partition coefficient (Wildman–Crippen LogP) is 0.673. The van der Waals surface area contributed by atoms with Gasteiger partial charge in [0.25, 0.3) is 0 Å². The van der Waals surface area contributed by atoms with E-state index in [1.165, 1.54) is 0 Å². The third-order valence-corrected chi connectivity index (χ3v) is 2.23. The Balaban J connectivity index is 2.14. The number of piperazine rings is 1. The number of aromatic nitrogens is 1. The number of nitrogens with one attached hydrogen (secondary N) is 1. The van der Waals surface area contributed by atoms with Gasteiger partial charge in [-0.3, -0.25) is 0 Å². The van der Waals surface area contributed by atoms with E-state index in [4.69, 9.17) is 0 Å². The molecule has 0 atom stereocenters. The molecular weight excluding hydrogens is 162 g/mol. The first kappa shape index (κ1) is 8.51. The molecule has 1 fully saturated rings. The summed E-state index contributed by atoms with van der Waals surface area (Å²) in [6, 6.07) is 5.97. The van der Waals surface area contributed by atoms with Crippen molar-refractivity contribution in [2.24, 2.45) is 0 Å². The van der Waals surface area contributed by atoms with Crippen LogP contribution in [0.5, 0.6) is 0 Å². The van der Waals surface area contributed by atoms with E-state index in [9.17, 15) is 0 Å². The second kappa shape index (κ2) is 3.75. The van der Waals surface area contributed by atoms with Gasteiger partial charge in [0.2, 0.25) is 0 Å². The summed E-state index contributed by atoms with van der Waals surface area (Å²) in [5.41, 5.74) is 0.844. The average molecular weight is 176 g/mol. The molecule has 1 N–H and O–H groups in total. The van der Waals surface area contributed by atoms with Gasteiger partial charge in [-0.15, -0.1) is 0 Å². The van der Waals surface area contributed by atoms with Crippen LogP contribution in [-0.2, 0) is 0 Å². The van der Waals surface area contributed by atoms with Gasteiger partial charge in [0.1, 0.15) is 5.82 Å². The molecule has 0 amide bonds. The van der Waals surface area contributed by atoms with Crippen molar-refractivity contribution in [2.75, 3.05) is 31.1 Å². The number of anilines is 1. The highest BCUT2D eigenvalue weighted by Crippen LogP contribution is 2.11. The third-order valence-electron chi connectivity index (χ3n) is 2.23. The Bertz CT molecular complexity index is 279. The normalized spacial score (nSPS) is 17.5. The van der Waals surface area contributed by atoms with E-state index in [1.54, 1.807) is 0 Å². The van der Waals surface area contributed by atoms with E-state index in [1.807, 2.05) is 18.2 Å². The zero-order valence-electron chi connectivity index (χ0n) is 7.66. The van der Waals surface area contributed by atoms with Gasteiger partial charge in [-0.25, -0.2) is 4.98 Å². The van der Waals surface area contributed by atoms with Crippen molar-refractivity contribution < 1.29 is 0 Å². The largest absolute Gasteiger partial charge is 0.354 e. The fraction of sp³-hybridized carbons (Fsp3) is 0.400. The SMILES string of the molecule is [CH2]c1cccc(N2CCNCC2)n1. The van der Waals surface area contributed by atoms with Crippen LogP contribution in [0.2, 0.25) is 0 Å². The zero-order chi connectivity index (χ0) is 9.10. The molecule has 3 nitrogen and oxygen atoms in total. The molecule has 2 heterocycles. The van der Waals surface area contributed by atoms with Gasteiger partial charge >= 0.3 is 0 Å². The van der Waals surface area contributed by atoms with E-state index in [2.05, 4.69) is 22.1 Å². The molecule has 1 aromatic rings. The van der Waals surface area contributed by atoms with E-state index in [0.717, 1.165) is 37.7 Å². The molecule has 0 spiro atoms. The fourth-order valence-electron chi connectivity index (χ4n) is 1.54. The van der Waals surface area contributed by atoms with Crippen LogP contribution in [0.4, 0.5) is 5.82 Å². The van der Waals surface area contributed by atoms with Gasteiger partial charge in [-0.1, -0.05) is 6.07 Å². The van der Waals surface area contributed by atoms with Crippen LogP contribution in [0.15, 0.2) is 18.2 Å². The highest BCUT2D eigenvalue weighted by molar-refractivity contribution is 5.40. The van der Waals surface area contributed by atoms with Crippen LogP contribution in [0.1, 0.15) is 5.69 Å². The van der Waals surface area contributed by atoms with Gasteiger partial charge in [-0.2, -0.15) is 0 Å². The second-order valence-corrected chi connectivity index (χ2v) is 3.22. The van der Waals surface area contributed by atoms with E-state index in [-0.39, 0.29) is 0 Å². The Kier molecular flexibility index (Phi) is 2.45. The minimum Gasteiger partial charge on any atom is -0.354 e. The lowest BCUT2D eigenvalue weighted by molar-refractivity contribution is 0.585. The van der Waals surface area contributed by atoms with Crippen LogP contribution in [0.25, 0.3) is 0 Å². The van der Waals surface area contributed by atoms with Gasteiger partial charge in [0, 0.05) is 31.9 Å². The maximum atomic E-state index is 4.38. The summed E-state index contributed by atoms with van der Waals surface area (Å²) >= 11 is 0. The molecule has 0 aliphatic carbocycles. The van der Waals surface area contributed by atoms with Crippen LogP contribution >= 0.6 is 0 Å². The van der Waals surface area contributed by atoms with Gasteiger partial charge < -0.3 is 10.2 Å². The molecule has 1 saturated heterocycles. The lowest BCUT2D eigenvalue weighted by Crippen LogP contribution is -2.43. The molecule has 2 rings (SSSR count). The van der Waals surface area contributed by atoms with E-state index < -0.39 is 0 Å². The highest BCUT2D eigenvalue weighted by atomic mass is 15.2. The Morgan fingerprint density at radius 2 is 2.08 bits per heavy atom. The summed E-state index contributed by atoms with van der Waals surface area (Å²) in [5.74, 6) is 1.05. The predicted molar refractivity (Wildman–Crippen MR) is 53.8 cm³/mol. The maximum Gasteiger partial charge on any atom is 0.128 e. The lowest BCUT2D eigenvalue weighted by atomic mass is 10.3. The van der Waals surface area contributed by atoms with Crippen molar-refractivity contribution in [3.05, 3.63) is 30.8 Å². The topological polar surface area (TPSA) is 28.2 Å². The first-order chi connectivity index (χ1) is 6.36. The summed E-state index contributed by atoms with van der Waals surface area (Å²) in [5, 5.41) is 3.31. The minimum atomic E-state index is 0.844. The summed E-state index contributed by atoms with van der Waals surface area (Å²) in [6.45, 7) is 7.99. The Hall–Kier alpha value is -1.09. The Labute approximate surface area is 78.8 Å². The molecule has 1 aliphatic rings. The third kappa shape index (κ3) is 1.98. The summed E-state index contributed by atoms with van der Waals surface area (Å²) < 4.78 is 0. The molecule has 1 radical (unpaired) electrons. The van der Waals surface area contributed by atoms with Crippen molar-refractivity contribution in [2.45, 2.75) is 0 Å².